The Morgan fingerprint density at radius 1 is 0.424 bits per heavy atom. The maximum atomic E-state index is 10.7. The standard InChI is InChI=1S/2C12H11N3.C10H8N2.2CHF3O3S.Pt/c2*13-10-6-8-12(9-7-10)15-14-11-4-2-1-3-5-11;1-3-7-11-9(5-1)10-6-2-4-8-12-10;2*2-1(3,4)8(5,6)7;/h2*1-9H,13H2;1-8H;2*(H,5,6,7);/q;;;;;+4/p-2. The van der Waals surface area contributed by atoms with Crippen LogP contribution in [0.4, 0.5) is 60.5 Å². The van der Waals surface area contributed by atoms with E-state index in [1.165, 1.54) is 0 Å². The summed E-state index contributed by atoms with van der Waals surface area (Å²) in [5.41, 5.74) is 6.40. The molecule has 0 fully saturated rings. The number of hydrogen-bond donors (Lipinski definition) is 2. The molecule has 4 aromatic carbocycles. The summed E-state index contributed by atoms with van der Waals surface area (Å²) in [5, 5.41) is 16.4. The molecule has 0 radical (unpaired) electrons. The summed E-state index contributed by atoms with van der Waals surface area (Å²) < 4.78 is 118. The summed E-state index contributed by atoms with van der Waals surface area (Å²) in [6, 6.07) is 45.4. The number of benzene rings is 4. The number of hydrogen-bond acceptors (Lipinski definition) is 14. The van der Waals surface area contributed by atoms with Crippen LogP contribution in [0.25, 0.3) is 11.4 Å². The minimum atomic E-state index is -6.09. The second kappa shape index (κ2) is 24.8. The van der Waals surface area contributed by atoms with Gasteiger partial charge in [0.1, 0.15) is 0 Å². The van der Waals surface area contributed by atoms with Gasteiger partial charge in [-0.25, -0.2) is 16.8 Å². The van der Waals surface area contributed by atoms with Gasteiger partial charge < -0.3 is 20.6 Å². The van der Waals surface area contributed by atoms with Crippen LogP contribution in [0.5, 0.6) is 0 Å². The van der Waals surface area contributed by atoms with Crippen LogP contribution in [-0.4, -0.2) is 46.9 Å². The number of aromatic nitrogens is 2. The molecule has 2 heterocycles. The third kappa shape index (κ3) is 21.4. The topological polar surface area (TPSA) is 242 Å². The van der Waals surface area contributed by atoms with Crippen molar-refractivity contribution in [2.45, 2.75) is 11.0 Å². The van der Waals surface area contributed by atoms with Gasteiger partial charge in [0.2, 0.25) is 0 Å². The molecular formula is C36H30F6N8O6PtS2+2. The van der Waals surface area contributed by atoms with E-state index in [1.54, 1.807) is 36.7 Å². The number of azo groups is 2. The monoisotopic (exact) mass is 1040 g/mol. The second-order valence-corrected chi connectivity index (χ2v) is 13.2. The first kappa shape index (κ1) is 51.1. The SMILES string of the molecule is Nc1ccc(N=Nc2ccccc2)cc1.Nc1ccc(N=Nc2ccccc2)cc1.O=S(=O)([O-])C(F)(F)F.O=S(=O)([O-])C(F)(F)F.[Pt+4].c1ccc(-c2ccccn2)nc1. The van der Waals surface area contributed by atoms with Crippen LogP contribution in [0.3, 0.4) is 0 Å². The smallest absolute Gasteiger partial charge is 0.741 e. The van der Waals surface area contributed by atoms with Crippen LogP contribution in [0.2, 0.25) is 0 Å². The van der Waals surface area contributed by atoms with Gasteiger partial charge >= 0.3 is 32.1 Å². The Balaban J connectivity index is 0.000000377. The molecular weight excluding hydrogens is 1010 g/mol. The number of halogens is 6. The molecule has 0 saturated carbocycles. The van der Waals surface area contributed by atoms with Gasteiger partial charge in [0.25, 0.3) is 0 Å². The Bertz CT molecular complexity index is 2200. The summed E-state index contributed by atoms with van der Waals surface area (Å²) >= 11 is 0. The van der Waals surface area contributed by atoms with E-state index in [-0.39, 0.29) is 21.1 Å². The molecule has 0 aliphatic carbocycles. The Labute approximate surface area is 348 Å². The fourth-order valence-electron chi connectivity index (χ4n) is 3.33. The average Bonchev–Trinajstić information content (AvgIpc) is 3.18. The summed E-state index contributed by atoms with van der Waals surface area (Å²) in [4.78, 5) is 8.37. The van der Waals surface area contributed by atoms with Crippen molar-refractivity contribution in [2.75, 3.05) is 11.5 Å². The molecule has 2 aromatic heterocycles. The predicted molar refractivity (Wildman–Crippen MR) is 202 cm³/mol. The first-order valence-electron chi connectivity index (χ1n) is 15.7. The van der Waals surface area contributed by atoms with Gasteiger partial charge in [0.05, 0.1) is 34.1 Å². The van der Waals surface area contributed by atoms with Crippen molar-refractivity contribution in [3.63, 3.8) is 0 Å². The number of pyridine rings is 2. The molecule has 6 rings (SSSR count). The molecule has 0 amide bonds. The van der Waals surface area contributed by atoms with Gasteiger partial charge in [-0.3, -0.25) is 9.97 Å². The molecule has 0 aliphatic heterocycles. The number of anilines is 2. The number of rotatable bonds is 5. The van der Waals surface area contributed by atoms with Crippen molar-refractivity contribution in [2.24, 2.45) is 20.5 Å². The van der Waals surface area contributed by atoms with Crippen LogP contribution in [0, 0.1) is 0 Å². The molecule has 59 heavy (non-hydrogen) atoms. The average molecular weight is 1040 g/mol. The van der Waals surface area contributed by atoms with Gasteiger partial charge in [0, 0.05) is 23.8 Å². The van der Waals surface area contributed by atoms with Crippen LogP contribution in [0.15, 0.2) is 178 Å². The van der Waals surface area contributed by atoms with Gasteiger partial charge in [-0.05, 0) is 97.1 Å². The molecule has 0 aliphatic rings. The molecule has 0 unspecified atom stereocenters. The zero-order chi connectivity index (χ0) is 43.2. The Kier molecular flexibility index (Phi) is 21.4. The molecule has 14 nitrogen and oxygen atoms in total. The van der Waals surface area contributed by atoms with Crippen LogP contribution in [-0.2, 0) is 41.3 Å². The minimum Gasteiger partial charge on any atom is -0.741 e. The van der Waals surface area contributed by atoms with Gasteiger partial charge in [-0.15, -0.1) is 0 Å². The minimum absolute atomic E-state index is 0. The van der Waals surface area contributed by atoms with Gasteiger partial charge in [0.15, 0.2) is 20.2 Å². The maximum Gasteiger partial charge on any atom is 4.00 e. The molecule has 0 saturated heterocycles. The third-order valence-electron chi connectivity index (χ3n) is 6.02. The first-order chi connectivity index (χ1) is 27.2. The van der Waals surface area contributed by atoms with Gasteiger partial charge in [-0.2, -0.15) is 46.8 Å². The molecule has 312 valence electrons. The zero-order valence-corrected chi connectivity index (χ0v) is 33.6. The molecule has 0 spiro atoms. The van der Waals surface area contributed by atoms with Crippen molar-refractivity contribution >= 4 is 54.4 Å². The number of nitrogens with two attached hydrogens (primary N) is 2. The summed E-state index contributed by atoms with van der Waals surface area (Å²) in [6.45, 7) is 0. The van der Waals surface area contributed by atoms with E-state index >= 15 is 0 Å². The van der Waals surface area contributed by atoms with E-state index in [4.69, 9.17) is 37.4 Å². The molecule has 4 N–H and O–H groups in total. The second-order valence-electron chi connectivity index (χ2n) is 10.5. The molecule has 23 heteroatoms. The van der Waals surface area contributed by atoms with Crippen molar-refractivity contribution < 1.29 is 73.3 Å². The van der Waals surface area contributed by atoms with E-state index in [1.807, 2.05) is 121 Å². The Hall–Kier alpha value is -5.93. The molecule has 6 aromatic rings. The Morgan fingerprint density at radius 3 is 0.881 bits per heavy atom. The Morgan fingerprint density at radius 2 is 0.661 bits per heavy atom. The summed E-state index contributed by atoms with van der Waals surface area (Å²) in [7, 11) is -12.2. The van der Waals surface area contributed by atoms with Crippen molar-refractivity contribution in [1.29, 1.82) is 0 Å². The van der Waals surface area contributed by atoms with E-state index < -0.39 is 31.3 Å². The maximum absolute atomic E-state index is 10.7. The largest absolute Gasteiger partial charge is 4.00 e. The van der Waals surface area contributed by atoms with Crippen molar-refractivity contribution in [1.82, 2.24) is 9.97 Å². The van der Waals surface area contributed by atoms with Crippen molar-refractivity contribution in [3.05, 3.63) is 158 Å². The van der Waals surface area contributed by atoms with Gasteiger partial charge in [-0.1, -0.05) is 48.5 Å². The molecule has 0 atom stereocenters. The van der Waals surface area contributed by atoms with E-state index in [2.05, 4.69) is 30.4 Å². The fraction of sp³-hybridized carbons (Fsp3) is 0.0556. The van der Waals surface area contributed by atoms with E-state index in [0.717, 1.165) is 45.5 Å². The molecule has 0 bridgehead atoms. The van der Waals surface area contributed by atoms with E-state index in [0.29, 0.717) is 0 Å². The van der Waals surface area contributed by atoms with Crippen LogP contribution in [0.1, 0.15) is 0 Å². The van der Waals surface area contributed by atoms with Crippen LogP contribution < -0.4 is 11.5 Å². The summed E-state index contributed by atoms with van der Waals surface area (Å²) in [6.07, 6.45) is 3.54. The van der Waals surface area contributed by atoms with Crippen LogP contribution >= 0.6 is 0 Å². The zero-order valence-electron chi connectivity index (χ0n) is 29.7. The quantitative estimate of drug-likeness (QED) is 0.0544. The summed E-state index contributed by atoms with van der Waals surface area (Å²) in [5.74, 6) is 0. The van der Waals surface area contributed by atoms with E-state index in [9.17, 15) is 26.3 Å². The number of nitrogens with zero attached hydrogens (tertiary/aromatic N) is 6. The first-order valence-corrected chi connectivity index (χ1v) is 18.5. The predicted octanol–water partition coefficient (Wildman–Crippen LogP) is 9.61. The van der Waals surface area contributed by atoms with Crippen molar-refractivity contribution in [3.8, 4) is 11.4 Å². The number of nitrogen functional groups attached to an aromatic ring is 2. The third-order valence-corrected chi connectivity index (χ3v) is 7.15. The normalized spacial score (nSPS) is 11.2. The number of alkyl halides is 6. The fourth-order valence-corrected chi connectivity index (χ4v) is 3.33.